The molecule has 0 spiro atoms. The van der Waals surface area contributed by atoms with Crippen LogP contribution < -0.4 is 10.6 Å². The third kappa shape index (κ3) is 6.92. The molecule has 6 nitrogen and oxygen atoms in total. The molecular weight excluding hydrogens is 492 g/mol. The van der Waals surface area contributed by atoms with E-state index in [4.69, 9.17) is 4.98 Å². The van der Waals surface area contributed by atoms with Gasteiger partial charge in [0, 0.05) is 12.1 Å². The quantitative estimate of drug-likeness (QED) is 0.174. The number of likely N-dealkylation sites (N-methyl/N-ethyl adjacent to an activating group) is 1. The predicted molar refractivity (Wildman–Crippen MR) is 168 cm³/mol. The first-order chi connectivity index (χ1) is 18.7. The molecule has 0 bridgehead atoms. The first-order valence-corrected chi connectivity index (χ1v) is 14.1. The molecule has 6 heteroatoms. The fourth-order valence-corrected chi connectivity index (χ4v) is 4.62. The average molecular weight is 539 g/mol. The van der Waals surface area contributed by atoms with E-state index in [1.807, 2.05) is 19.4 Å². The van der Waals surface area contributed by atoms with E-state index in [1.165, 1.54) is 11.1 Å². The molecule has 2 aromatic heterocycles. The first kappa shape index (κ1) is 29.3. The molecule has 4 N–H and O–H groups in total. The van der Waals surface area contributed by atoms with Gasteiger partial charge in [0.05, 0.1) is 35.4 Å². The van der Waals surface area contributed by atoms with Crippen molar-refractivity contribution < 1.29 is 0 Å². The van der Waals surface area contributed by atoms with Crippen LogP contribution in [0.15, 0.2) is 73.2 Å². The van der Waals surface area contributed by atoms with Crippen LogP contribution in [0.3, 0.4) is 0 Å². The summed E-state index contributed by atoms with van der Waals surface area (Å²) in [5.41, 5.74) is 7.47. The molecule has 212 valence electrons. The maximum Gasteiger partial charge on any atom is 0.129 e. The van der Waals surface area contributed by atoms with E-state index >= 15 is 0 Å². The van der Waals surface area contributed by atoms with E-state index < -0.39 is 0 Å². The number of rotatable bonds is 9. The highest BCUT2D eigenvalue weighted by Gasteiger charge is 2.32. The summed E-state index contributed by atoms with van der Waals surface area (Å²) in [5.74, 6) is 1.93. The largest absolute Gasteiger partial charge is 0.377 e. The predicted octanol–water partition coefficient (Wildman–Crippen LogP) is 7.91. The van der Waals surface area contributed by atoms with Crippen molar-refractivity contribution in [3.63, 3.8) is 0 Å². The van der Waals surface area contributed by atoms with Gasteiger partial charge in [0.15, 0.2) is 0 Å². The summed E-state index contributed by atoms with van der Waals surface area (Å²) in [6, 6.07) is 17.3. The Balaban J connectivity index is 1.49. The molecular formula is C34H46N6. The van der Waals surface area contributed by atoms with Crippen molar-refractivity contribution in [3.8, 4) is 33.6 Å². The van der Waals surface area contributed by atoms with Crippen LogP contribution in [0.25, 0.3) is 33.6 Å². The second-order valence-corrected chi connectivity index (χ2v) is 13.6. The molecule has 1 atom stereocenters. The average Bonchev–Trinajstić information content (AvgIpc) is 3.56. The third-order valence-corrected chi connectivity index (χ3v) is 7.48. The van der Waals surface area contributed by atoms with E-state index in [2.05, 4.69) is 136 Å². The van der Waals surface area contributed by atoms with Crippen molar-refractivity contribution >= 4 is 0 Å². The van der Waals surface area contributed by atoms with E-state index in [-0.39, 0.29) is 22.4 Å². The van der Waals surface area contributed by atoms with Gasteiger partial charge in [0.1, 0.15) is 11.6 Å². The smallest absolute Gasteiger partial charge is 0.129 e. The molecule has 2 heterocycles. The van der Waals surface area contributed by atoms with Crippen LogP contribution in [0.4, 0.5) is 0 Å². The molecule has 0 fully saturated rings. The summed E-state index contributed by atoms with van der Waals surface area (Å²) in [6.45, 7) is 21.8. The van der Waals surface area contributed by atoms with Crippen LogP contribution in [-0.2, 0) is 6.42 Å². The van der Waals surface area contributed by atoms with E-state index in [0.29, 0.717) is 0 Å². The Bertz CT molecular complexity index is 1420. The number of imidazole rings is 2. The van der Waals surface area contributed by atoms with Gasteiger partial charge in [-0.15, -0.1) is 0 Å². The fourth-order valence-electron chi connectivity index (χ4n) is 4.62. The van der Waals surface area contributed by atoms with Gasteiger partial charge in [0.25, 0.3) is 0 Å². The lowest BCUT2D eigenvalue weighted by molar-refractivity contribution is 0.266. The minimum absolute atomic E-state index is 0.0152. The van der Waals surface area contributed by atoms with Crippen molar-refractivity contribution in [3.05, 3.63) is 84.8 Å². The third-order valence-electron chi connectivity index (χ3n) is 7.48. The maximum atomic E-state index is 4.77. The molecule has 0 aliphatic heterocycles. The number of benzene rings is 2. The van der Waals surface area contributed by atoms with Crippen LogP contribution in [0.1, 0.15) is 73.1 Å². The molecule has 2 aromatic carbocycles. The van der Waals surface area contributed by atoms with Crippen LogP contribution >= 0.6 is 0 Å². The minimum Gasteiger partial charge on any atom is -0.377 e. The topological polar surface area (TPSA) is 81.4 Å². The Hall–Kier alpha value is -3.64. The zero-order valence-corrected chi connectivity index (χ0v) is 25.7. The highest BCUT2D eigenvalue weighted by molar-refractivity contribution is 5.71. The SMILES string of the molecule is C=C(NC(c1ncc(-c2ccc(-c3ccc(-c4cnc(CC(C)(C)C)[nH]4)cc3)cc2)[nH]1)C(C)(C)C)C(C)(C)NC. The summed E-state index contributed by atoms with van der Waals surface area (Å²) in [6.07, 6.45) is 4.77. The monoisotopic (exact) mass is 538 g/mol. The second kappa shape index (κ2) is 11.1. The summed E-state index contributed by atoms with van der Waals surface area (Å²) >= 11 is 0. The molecule has 0 aliphatic rings. The maximum absolute atomic E-state index is 4.77. The molecule has 40 heavy (non-hydrogen) atoms. The fraction of sp³-hybridized carbons (Fsp3) is 0.412. The van der Waals surface area contributed by atoms with Crippen molar-refractivity contribution in [2.75, 3.05) is 7.05 Å². The molecule has 4 rings (SSSR count). The minimum atomic E-state index is -0.236. The van der Waals surface area contributed by atoms with Gasteiger partial charge in [-0.05, 0) is 54.0 Å². The molecule has 1 unspecified atom stereocenters. The van der Waals surface area contributed by atoms with E-state index in [1.54, 1.807) is 0 Å². The van der Waals surface area contributed by atoms with Crippen LogP contribution in [0.2, 0.25) is 0 Å². The summed E-state index contributed by atoms with van der Waals surface area (Å²) in [7, 11) is 1.95. The number of hydrogen-bond donors (Lipinski definition) is 4. The normalized spacial score (nSPS) is 13.3. The lowest BCUT2D eigenvalue weighted by Gasteiger charge is -2.36. The Labute approximate surface area is 240 Å². The van der Waals surface area contributed by atoms with Gasteiger partial charge < -0.3 is 20.6 Å². The number of H-pyrrole nitrogens is 2. The molecule has 4 aromatic rings. The number of aromatic nitrogens is 4. The Morgan fingerprint density at radius 2 is 1.23 bits per heavy atom. The molecule has 0 saturated carbocycles. The van der Waals surface area contributed by atoms with Gasteiger partial charge in [0.2, 0.25) is 0 Å². The van der Waals surface area contributed by atoms with Gasteiger partial charge in [-0.3, -0.25) is 0 Å². The standard InChI is InChI=1S/C34H46N6/c1-22(34(8,9)35-10)38-30(33(5,6)7)31-37-21-28(40-31)26-17-13-24(14-18-26)23-11-15-25(16-12-23)27-20-36-29(39-27)19-32(2,3)4/h11-18,20-21,30,35,38H,1,19H2,2-10H3,(H,36,39)(H,37,40). The lowest BCUT2D eigenvalue weighted by atomic mass is 9.85. The lowest BCUT2D eigenvalue weighted by Crippen LogP contribution is -2.46. The first-order valence-electron chi connectivity index (χ1n) is 14.1. The summed E-state index contributed by atoms with van der Waals surface area (Å²) in [4.78, 5) is 16.4. The van der Waals surface area contributed by atoms with Crippen molar-refractivity contribution in [1.29, 1.82) is 0 Å². The number of nitrogens with zero attached hydrogens (tertiary/aromatic N) is 2. The van der Waals surface area contributed by atoms with E-state index in [9.17, 15) is 0 Å². The van der Waals surface area contributed by atoms with E-state index in [0.717, 1.165) is 46.3 Å². The Morgan fingerprint density at radius 1 is 0.750 bits per heavy atom. The molecule has 0 aliphatic carbocycles. The van der Waals surface area contributed by atoms with Crippen LogP contribution in [0, 0.1) is 10.8 Å². The molecule has 0 radical (unpaired) electrons. The van der Waals surface area contributed by atoms with Crippen molar-refractivity contribution in [1.82, 2.24) is 30.6 Å². The van der Waals surface area contributed by atoms with Gasteiger partial charge >= 0.3 is 0 Å². The number of nitrogens with one attached hydrogen (secondary N) is 4. The van der Waals surface area contributed by atoms with Crippen molar-refractivity contribution in [2.24, 2.45) is 10.8 Å². The molecule has 0 saturated heterocycles. The second-order valence-electron chi connectivity index (χ2n) is 13.6. The van der Waals surface area contributed by atoms with Gasteiger partial charge in [-0.2, -0.15) is 0 Å². The number of aromatic amines is 2. The highest BCUT2D eigenvalue weighted by Crippen LogP contribution is 2.34. The van der Waals surface area contributed by atoms with Gasteiger partial charge in [-0.1, -0.05) is 96.7 Å². The zero-order valence-electron chi connectivity index (χ0n) is 25.7. The molecule has 0 amide bonds. The Kier molecular flexibility index (Phi) is 8.13. The summed E-state index contributed by atoms with van der Waals surface area (Å²) in [5, 5.41) is 6.95. The van der Waals surface area contributed by atoms with Crippen molar-refractivity contribution in [2.45, 2.75) is 73.4 Å². The van der Waals surface area contributed by atoms with Crippen LogP contribution in [0.5, 0.6) is 0 Å². The summed E-state index contributed by atoms with van der Waals surface area (Å²) < 4.78 is 0. The zero-order chi connectivity index (χ0) is 29.3. The number of hydrogen-bond acceptors (Lipinski definition) is 4. The Morgan fingerprint density at radius 3 is 1.70 bits per heavy atom. The highest BCUT2D eigenvalue weighted by atomic mass is 15.1. The van der Waals surface area contributed by atoms with Gasteiger partial charge in [-0.25, -0.2) is 9.97 Å². The van der Waals surface area contributed by atoms with Crippen LogP contribution in [-0.4, -0.2) is 32.5 Å².